The molecule has 0 aliphatic carbocycles. The van der Waals surface area contributed by atoms with Crippen molar-refractivity contribution in [1.82, 2.24) is 10.2 Å². The lowest BCUT2D eigenvalue weighted by Gasteiger charge is -2.28. The molecule has 1 N–H and O–H groups in total. The summed E-state index contributed by atoms with van der Waals surface area (Å²) >= 11 is 6.05. The van der Waals surface area contributed by atoms with Gasteiger partial charge < -0.3 is 14.8 Å². The quantitative estimate of drug-likeness (QED) is 0.718. The third kappa shape index (κ3) is 4.49. The van der Waals surface area contributed by atoms with Crippen molar-refractivity contribution in [2.75, 3.05) is 39.4 Å². The summed E-state index contributed by atoms with van der Waals surface area (Å²) in [7, 11) is 0. The molecule has 1 atom stereocenters. The van der Waals surface area contributed by atoms with Gasteiger partial charge in [0.05, 0.1) is 6.54 Å². The number of ketones is 1. The Morgan fingerprint density at radius 3 is 2.50 bits per heavy atom. The molecule has 0 bridgehead atoms. The molecule has 1 fully saturated rings. The summed E-state index contributed by atoms with van der Waals surface area (Å²) in [4.78, 5) is 15.1. The number of ether oxygens (including phenoxy) is 2. The van der Waals surface area contributed by atoms with Crippen LogP contribution in [0.1, 0.15) is 34.8 Å². The van der Waals surface area contributed by atoms with E-state index in [-0.39, 0.29) is 18.4 Å². The van der Waals surface area contributed by atoms with Gasteiger partial charge in [-0.25, -0.2) is 0 Å². The number of nitrogens with zero attached hydrogens (tertiary/aromatic N) is 1. The van der Waals surface area contributed by atoms with E-state index in [1.54, 1.807) is 12.1 Å². The van der Waals surface area contributed by atoms with E-state index in [4.69, 9.17) is 21.1 Å². The van der Waals surface area contributed by atoms with Crippen LogP contribution in [0.25, 0.3) is 0 Å². The average Bonchev–Trinajstić information content (AvgIpc) is 3.26. The molecule has 2 aliphatic heterocycles. The molecular formula is C22H25ClN2O3. The summed E-state index contributed by atoms with van der Waals surface area (Å²) < 4.78 is 11.1. The summed E-state index contributed by atoms with van der Waals surface area (Å²) in [6, 6.07) is 13.6. The van der Waals surface area contributed by atoms with Gasteiger partial charge in [-0.15, -0.1) is 0 Å². The lowest BCUT2D eigenvalue weighted by Crippen LogP contribution is -2.36. The van der Waals surface area contributed by atoms with Gasteiger partial charge in [-0.2, -0.15) is 0 Å². The van der Waals surface area contributed by atoms with Gasteiger partial charge in [-0.1, -0.05) is 23.7 Å². The summed E-state index contributed by atoms with van der Waals surface area (Å²) in [5.74, 6) is 1.40. The van der Waals surface area contributed by atoms with E-state index >= 15 is 0 Å². The number of carbonyl (C=O) groups is 1. The lowest BCUT2D eigenvalue weighted by molar-refractivity contribution is 0.0986. The topological polar surface area (TPSA) is 50.8 Å². The summed E-state index contributed by atoms with van der Waals surface area (Å²) in [5, 5.41) is 4.10. The molecule has 2 aliphatic rings. The Morgan fingerprint density at radius 1 is 1.04 bits per heavy atom. The standard InChI is InChI=1S/C22H25ClN2O3/c23-18-6-3-16(4-7-18)19(25-9-1-2-10-25)14-24-15-20(26)17-5-8-21-22(13-17)28-12-11-27-21/h3-8,13,19,24H,1-2,9-12,14-15H2. The molecule has 0 aromatic heterocycles. The maximum atomic E-state index is 12.6. The molecule has 2 heterocycles. The zero-order chi connectivity index (χ0) is 19.3. The van der Waals surface area contributed by atoms with E-state index in [0.717, 1.165) is 24.7 Å². The lowest BCUT2D eigenvalue weighted by atomic mass is 10.1. The second-order valence-electron chi connectivity index (χ2n) is 7.22. The van der Waals surface area contributed by atoms with Crippen LogP contribution in [0.3, 0.4) is 0 Å². The van der Waals surface area contributed by atoms with Crippen molar-refractivity contribution < 1.29 is 14.3 Å². The molecule has 6 heteroatoms. The fourth-order valence-electron chi connectivity index (χ4n) is 3.84. The first-order chi connectivity index (χ1) is 13.7. The predicted molar refractivity (Wildman–Crippen MR) is 110 cm³/mol. The van der Waals surface area contributed by atoms with Crippen LogP contribution < -0.4 is 14.8 Å². The zero-order valence-electron chi connectivity index (χ0n) is 15.8. The van der Waals surface area contributed by atoms with Crippen molar-refractivity contribution in [2.45, 2.75) is 18.9 Å². The molecule has 4 rings (SSSR count). The van der Waals surface area contributed by atoms with Crippen LogP contribution >= 0.6 is 11.6 Å². The van der Waals surface area contributed by atoms with E-state index in [0.29, 0.717) is 30.3 Å². The van der Waals surface area contributed by atoms with Crippen molar-refractivity contribution >= 4 is 17.4 Å². The van der Waals surface area contributed by atoms with Crippen LogP contribution in [0, 0.1) is 0 Å². The van der Waals surface area contributed by atoms with Gasteiger partial charge in [-0.3, -0.25) is 9.69 Å². The largest absolute Gasteiger partial charge is 0.486 e. The molecule has 1 saturated heterocycles. The maximum Gasteiger partial charge on any atom is 0.176 e. The minimum Gasteiger partial charge on any atom is -0.486 e. The predicted octanol–water partition coefficient (Wildman–Crippen LogP) is 3.72. The van der Waals surface area contributed by atoms with Crippen molar-refractivity contribution in [3.05, 3.63) is 58.6 Å². The summed E-state index contributed by atoms with van der Waals surface area (Å²) in [6.07, 6.45) is 2.44. The third-order valence-electron chi connectivity index (χ3n) is 5.32. The minimum absolute atomic E-state index is 0.0493. The number of hydrogen-bond acceptors (Lipinski definition) is 5. The van der Waals surface area contributed by atoms with Gasteiger partial charge >= 0.3 is 0 Å². The van der Waals surface area contributed by atoms with E-state index in [1.807, 2.05) is 18.2 Å². The molecule has 148 valence electrons. The van der Waals surface area contributed by atoms with Crippen LogP contribution in [-0.2, 0) is 0 Å². The Bertz CT molecular complexity index is 819. The second-order valence-corrected chi connectivity index (χ2v) is 7.66. The van der Waals surface area contributed by atoms with Gasteiger partial charge in [-0.05, 0) is 61.8 Å². The van der Waals surface area contributed by atoms with Gasteiger partial charge in [0.15, 0.2) is 17.3 Å². The van der Waals surface area contributed by atoms with Gasteiger partial charge in [0.1, 0.15) is 13.2 Å². The molecule has 1 unspecified atom stereocenters. The van der Waals surface area contributed by atoms with Gasteiger partial charge in [0.25, 0.3) is 0 Å². The molecule has 28 heavy (non-hydrogen) atoms. The number of benzene rings is 2. The van der Waals surface area contributed by atoms with Crippen molar-refractivity contribution in [3.8, 4) is 11.5 Å². The molecule has 0 spiro atoms. The Balaban J connectivity index is 1.38. The first-order valence-electron chi connectivity index (χ1n) is 9.84. The fraction of sp³-hybridized carbons (Fsp3) is 0.409. The highest BCUT2D eigenvalue weighted by Crippen LogP contribution is 2.31. The van der Waals surface area contributed by atoms with Crippen LogP contribution in [0.4, 0.5) is 0 Å². The first-order valence-corrected chi connectivity index (χ1v) is 10.2. The van der Waals surface area contributed by atoms with E-state index in [9.17, 15) is 4.79 Å². The van der Waals surface area contributed by atoms with Crippen molar-refractivity contribution in [3.63, 3.8) is 0 Å². The Kier molecular flexibility index (Phi) is 6.15. The number of nitrogens with one attached hydrogen (secondary N) is 1. The van der Waals surface area contributed by atoms with E-state index < -0.39 is 0 Å². The number of Topliss-reactive ketones (excluding diaryl/α,β-unsaturated/α-hetero) is 1. The maximum absolute atomic E-state index is 12.6. The highest BCUT2D eigenvalue weighted by atomic mass is 35.5. The minimum atomic E-state index is 0.0493. The normalized spacial score (nSPS) is 17.5. The highest BCUT2D eigenvalue weighted by Gasteiger charge is 2.23. The molecule has 5 nitrogen and oxygen atoms in total. The molecule has 0 radical (unpaired) electrons. The van der Waals surface area contributed by atoms with E-state index in [1.165, 1.54) is 18.4 Å². The van der Waals surface area contributed by atoms with Crippen molar-refractivity contribution in [2.24, 2.45) is 0 Å². The summed E-state index contributed by atoms with van der Waals surface area (Å²) in [6.45, 7) is 4.25. The Labute approximate surface area is 170 Å². The number of hydrogen-bond donors (Lipinski definition) is 1. The van der Waals surface area contributed by atoms with Gasteiger partial charge in [0.2, 0.25) is 0 Å². The Hall–Kier alpha value is -2.08. The van der Waals surface area contributed by atoms with Crippen LogP contribution in [0.5, 0.6) is 11.5 Å². The number of fused-ring (bicyclic) bond motifs is 1. The van der Waals surface area contributed by atoms with E-state index in [2.05, 4.69) is 22.3 Å². The zero-order valence-corrected chi connectivity index (χ0v) is 16.6. The third-order valence-corrected chi connectivity index (χ3v) is 5.58. The molecule has 0 saturated carbocycles. The molecule has 2 aromatic rings. The van der Waals surface area contributed by atoms with Crippen LogP contribution in [0.2, 0.25) is 5.02 Å². The average molecular weight is 401 g/mol. The van der Waals surface area contributed by atoms with Crippen LogP contribution in [0.15, 0.2) is 42.5 Å². The molecule has 2 aromatic carbocycles. The van der Waals surface area contributed by atoms with Gasteiger partial charge in [0, 0.05) is 23.2 Å². The van der Waals surface area contributed by atoms with Crippen molar-refractivity contribution in [1.29, 1.82) is 0 Å². The van der Waals surface area contributed by atoms with Crippen LogP contribution in [-0.4, -0.2) is 50.1 Å². The number of carbonyl (C=O) groups excluding carboxylic acids is 1. The number of halogens is 1. The Morgan fingerprint density at radius 2 is 1.75 bits per heavy atom. The number of likely N-dealkylation sites (tertiary alicyclic amines) is 1. The second kappa shape index (κ2) is 8.95. The molecular weight excluding hydrogens is 376 g/mol. The first kappa shape index (κ1) is 19.2. The summed E-state index contributed by atoms with van der Waals surface area (Å²) in [5.41, 5.74) is 1.87. The smallest absolute Gasteiger partial charge is 0.176 e. The molecule has 0 amide bonds. The monoisotopic (exact) mass is 400 g/mol. The highest BCUT2D eigenvalue weighted by molar-refractivity contribution is 6.30. The number of rotatable bonds is 7. The fourth-order valence-corrected chi connectivity index (χ4v) is 3.96. The SMILES string of the molecule is O=C(CNCC(c1ccc(Cl)cc1)N1CCCC1)c1ccc2c(c1)OCCO2.